The highest BCUT2D eigenvalue weighted by Gasteiger charge is 2.32. The van der Waals surface area contributed by atoms with Crippen molar-refractivity contribution in [1.82, 2.24) is 10.2 Å². The van der Waals surface area contributed by atoms with Gasteiger partial charge in [0.25, 0.3) is 10.0 Å². The summed E-state index contributed by atoms with van der Waals surface area (Å²) in [6, 6.07) is 21.9. The van der Waals surface area contributed by atoms with Gasteiger partial charge in [0, 0.05) is 16.7 Å². The fourth-order valence-corrected chi connectivity index (χ4v) is 5.64. The molecule has 0 bridgehead atoms. The van der Waals surface area contributed by atoms with Crippen LogP contribution in [0.4, 0.5) is 5.69 Å². The highest BCUT2D eigenvalue weighted by molar-refractivity contribution is 14.1. The van der Waals surface area contributed by atoms with Crippen molar-refractivity contribution in [2.45, 2.75) is 44.7 Å². The van der Waals surface area contributed by atoms with Crippen LogP contribution in [0.25, 0.3) is 0 Å². The summed E-state index contributed by atoms with van der Waals surface area (Å²) >= 11 is 2.14. The summed E-state index contributed by atoms with van der Waals surface area (Å²) in [5, 5.41) is 2.85. The molecule has 0 saturated heterocycles. The Hall–Kier alpha value is -2.92. The summed E-state index contributed by atoms with van der Waals surface area (Å²) < 4.78 is 29.4. The number of nitrogens with zero attached hydrogens (tertiary/aromatic N) is 2. The predicted octanol–water partition coefficient (Wildman–Crippen LogP) is 4.74. The van der Waals surface area contributed by atoms with Gasteiger partial charge in [-0.25, -0.2) is 8.42 Å². The van der Waals surface area contributed by atoms with E-state index in [0.717, 1.165) is 25.4 Å². The molecule has 1 N–H and O–H groups in total. The Bertz CT molecular complexity index is 1310. The van der Waals surface area contributed by atoms with Crippen LogP contribution in [0.5, 0.6) is 0 Å². The molecule has 3 aromatic rings. The molecule has 0 saturated carbocycles. The van der Waals surface area contributed by atoms with E-state index < -0.39 is 28.5 Å². The summed E-state index contributed by atoms with van der Waals surface area (Å²) in [5.74, 6) is -0.756. The van der Waals surface area contributed by atoms with Crippen molar-refractivity contribution < 1.29 is 18.0 Å². The maximum Gasteiger partial charge on any atom is 0.264 e. The van der Waals surface area contributed by atoms with E-state index in [1.54, 1.807) is 49.4 Å². The maximum absolute atomic E-state index is 13.8. The maximum atomic E-state index is 13.8. The normalized spacial score (nSPS) is 12.0. The van der Waals surface area contributed by atoms with Crippen molar-refractivity contribution in [1.29, 1.82) is 0 Å². The second-order valence-corrected chi connectivity index (χ2v) is 11.9. The molecule has 196 valence electrons. The number of benzene rings is 3. The standard InChI is InChI=1S/C28H32IN3O4S/c1-4-17-30-28(34)22(3)31(19-23-10-8-9-21(2)18-23)27(33)20-32(25-15-13-24(29)14-16-25)37(35,36)26-11-6-5-7-12-26/h5-16,18,22H,4,17,19-20H2,1-3H3,(H,30,34)/t22-/m1/s1. The van der Waals surface area contributed by atoms with Crippen LogP contribution in [0.15, 0.2) is 83.8 Å². The number of carbonyl (C=O) groups excluding carboxylic acids is 2. The number of rotatable bonds is 11. The lowest BCUT2D eigenvalue weighted by Crippen LogP contribution is -2.51. The first-order valence-electron chi connectivity index (χ1n) is 12.1. The number of aryl methyl sites for hydroxylation is 1. The Kier molecular flexibility index (Phi) is 10.1. The molecule has 3 rings (SSSR count). The van der Waals surface area contributed by atoms with Crippen molar-refractivity contribution in [3.63, 3.8) is 0 Å². The SMILES string of the molecule is CCCNC(=O)[C@@H](C)N(Cc1cccc(C)c1)C(=O)CN(c1ccc(I)cc1)S(=O)(=O)c1ccccc1. The molecule has 0 unspecified atom stereocenters. The molecule has 0 aliphatic heterocycles. The van der Waals surface area contributed by atoms with Crippen LogP contribution in [-0.4, -0.2) is 44.3 Å². The zero-order valence-corrected chi connectivity index (χ0v) is 24.2. The molecule has 1 atom stereocenters. The van der Waals surface area contributed by atoms with E-state index in [4.69, 9.17) is 0 Å². The molecule has 0 fully saturated rings. The van der Waals surface area contributed by atoms with Gasteiger partial charge in [0.05, 0.1) is 10.6 Å². The highest BCUT2D eigenvalue weighted by Crippen LogP contribution is 2.25. The molecule has 3 aromatic carbocycles. The highest BCUT2D eigenvalue weighted by atomic mass is 127. The number of hydrogen-bond donors (Lipinski definition) is 1. The van der Waals surface area contributed by atoms with Gasteiger partial charge in [-0.3, -0.25) is 13.9 Å². The summed E-state index contributed by atoms with van der Waals surface area (Å²) in [4.78, 5) is 28.2. The van der Waals surface area contributed by atoms with E-state index in [-0.39, 0.29) is 17.3 Å². The van der Waals surface area contributed by atoms with Gasteiger partial charge in [-0.15, -0.1) is 0 Å². The largest absolute Gasteiger partial charge is 0.354 e. The third-order valence-electron chi connectivity index (χ3n) is 5.88. The second-order valence-electron chi connectivity index (χ2n) is 8.78. The van der Waals surface area contributed by atoms with E-state index in [9.17, 15) is 18.0 Å². The number of nitrogens with one attached hydrogen (secondary N) is 1. The molecule has 9 heteroatoms. The third-order valence-corrected chi connectivity index (χ3v) is 8.38. The van der Waals surface area contributed by atoms with Crippen molar-refractivity contribution in [3.05, 3.63) is 93.6 Å². The lowest BCUT2D eigenvalue weighted by Gasteiger charge is -2.32. The zero-order chi connectivity index (χ0) is 27.0. The van der Waals surface area contributed by atoms with Crippen LogP contribution in [-0.2, 0) is 26.2 Å². The van der Waals surface area contributed by atoms with Gasteiger partial charge < -0.3 is 10.2 Å². The van der Waals surface area contributed by atoms with Gasteiger partial charge in [0.15, 0.2) is 0 Å². The van der Waals surface area contributed by atoms with Gasteiger partial charge >= 0.3 is 0 Å². The molecule has 0 spiro atoms. The molecular weight excluding hydrogens is 601 g/mol. The number of anilines is 1. The Morgan fingerprint density at radius 1 is 0.973 bits per heavy atom. The first kappa shape index (κ1) is 28.6. The Morgan fingerprint density at radius 3 is 2.27 bits per heavy atom. The summed E-state index contributed by atoms with van der Waals surface area (Å²) in [7, 11) is -4.05. The minimum absolute atomic E-state index is 0.0836. The number of hydrogen-bond acceptors (Lipinski definition) is 4. The average molecular weight is 634 g/mol. The van der Waals surface area contributed by atoms with Crippen molar-refractivity contribution >= 4 is 50.1 Å². The summed E-state index contributed by atoms with van der Waals surface area (Å²) in [6.45, 7) is 5.79. The monoisotopic (exact) mass is 633 g/mol. The van der Waals surface area contributed by atoms with Gasteiger partial charge in [-0.1, -0.05) is 55.0 Å². The van der Waals surface area contributed by atoms with Crippen LogP contribution < -0.4 is 9.62 Å². The van der Waals surface area contributed by atoms with Gasteiger partial charge in [-0.05, 0) is 84.8 Å². The van der Waals surface area contributed by atoms with Crippen molar-refractivity contribution in [2.24, 2.45) is 0 Å². The summed E-state index contributed by atoms with van der Waals surface area (Å²) in [6.07, 6.45) is 0.764. The van der Waals surface area contributed by atoms with Crippen LogP contribution in [0.3, 0.4) is 0 Å². The minimum atomic E-state index is -4.05. The Labute approximate surface area is 233 Å². The molecule has 0 aromatic heterocycles. The van der Waals surface area contributed by atoms with Crippen molar-refractivity contribution in [3.8, 4) is 0 Å². The average Bonchev–Trinajstić information content (AvgIpc) is 2.89. The fraction of sp³-hybridized carbons (Fsp3) is 0.286. The zero-order valence-electron chi connectivity index (χ0n) is 21.2. The first-order valence-corrected chi connectivity index (χ1v) is 14.6. The van der Waals surface area contributed by atoms with Crippen LogP contribution >= 0.6 is 22.6 Å². The number of halogens is 1. The van der Waals surface area contributed by atoms with E-state index in [0.29, 0.717) is 12.2 Å². The fourth-order valence-electron chi connectivity index (χ4n) is 3.84. The lowest BCUT2D eigenvalue weighted by molar-refractivity contribution is -0.139. The van der Waals surface area contributed by atoms with E-state index >= 15 is 0 Å². The number of sulfonamides is 1. The summed E-state index contributed by atoms with van der Waals surface area (Å²) in [5.41, 5.74) is 2.26. The first-order chi connectivity index (χ1) is 17.6. The van der Waals surface area contributed by atoms with Gasteiger partial charge in [0.1, 0.15) is 12.6 Å². The molecular formula is C28H32IN3O4S. The molecule has 0 heterocycles. The molecule has 0 aliphatic carbocycles. The number of carbonyl (C=O) groups is 2. The van der Waals surface area contributed by atoms with Gasteiger partial charge in [0.2, 0.25) is 11.8 Å². The van der Waals surface area contributed by atoms with E-state index in [2.05, 4.69) is 27.9 Å². The third kappa shape index (κ3) is 7.54. The number of amides is 2. The molecule has 0 aliphatic rings. The molecule has 7 nitrogen and oxygen atoms in total. The van der Waals surface area contributed by atoms with Crippen LogP contribution in [0, 0.1) is 10.5 Å². The van der Waals surface area contributed by atoms with Gasteiger partial charge in [-0.2, -0.15) is 0 Å². The molecule has 2 amide bonds. The molecule has 37 heavy (non-hydrogen) atoms. The Balaban J connectivity index is 2.00. The molecule has 0 radical (unpaired) electrons. The predicted molar refractivity (Wildman–Crippen MR) is 155 cm³/mol. The topological polar surface area (TPSA) is 86.8 Å². The van der Waals surface area contributed by atoms with Crippen molar-refractivity contribution in [2.75, 3.05) is 17.4 Å². The minimum Gasteiger partial charge on any atom is -0.354 e. The van der Waals surface area contributed by atoms with E-state index in [1.807, 2.05) is 38.1 Å². The Morgan fingerprint density at radius 2 is 1.65 bits per heavy atom. The van der Waals surface area contributed by atoms with Crippen LogP contribution in [0.2, 0.25) is 0 Å². The smallest absolute Gasteiger partial charge is 0.264 e. The van der Waals surface area contributed by atoms with E-state index in [1.165, 1.54) is 17.0 Å². The lowest BCUT2D eigenvalue weighted by atomic mass is 10.1. The quantitative estimate of drug-likeness (QED) is 0.310. The van der Waals surface area contributed by atoms with Crippen LogP contribution in [0.1, 0.15) is 31.4 Å². The second kappa shape index (κ2) is 13.0.